The van der Waals surface area contributed by atoms with E-state index in [0.717, 1.165) is 35.4 Å². The Morgan fingerprint density at radius 2 is 2.13 bits per heavy atom. The van der Waals surface area contributed by atoms with Crippen molar-refractivity contribution in [1.82, 2.24) is 10.3 Å². The monoisotopic (exact) mass is 311 g/mol. The van der Waals surface area contributed by atoms with Crippen LogP contribution in [0.15, 0.2) is 42.7 Å². The number of aromatic nitrogens is 1. The minimum absolute atomic E-state index is 0.238. The van der Waals surface area contributed by atoms with Gasteiger partial charge in [-0.05, 0) is 43.9 Å². The molecule has 1 aliphatic carbocycles. The van der Waals surface area contributed by atoms with Crippen LogP contribution in [-0.4, -0.2) is 17.1 Å². The number of nitrogens with one attached hydrogen (secondary N) is 2. The number of benzene rings is 1. The molecule has 0 saturated heterocycles. The van der Waals surface area contributed by atoms with E-state index in [2.05, 4.69) is 15.6 Å². The summed E-state index contributed by atoms with van der Waals surface area (Å²) >= 11 is 0. The lowest BCUT2D eigenvalue weighted by Crippen LogP contribution is -2.29. The molecule has 2 N–H and O–H groups in total. The van der Waals surface area contributed by atoms with Crippen LogP contribution in [0, 0.1) is 6.92 Å². The van der Waals surface area contributed by atoms with Crippen molar-refractivity contribution < 1.29 is 9.53 Å². The van der Waals surface area contributed by atoms with Gasteiger partial charge in [-0.1, -0.05) is 18.2 Å². The number of hydrogen-bond acceptors (Lipinski definition) is 3. The molecule has 1 saturated carbocycles. The van der Waals surface area contributed by atoms with Gasteiger partial charge in [0, 0.05) is 30.2 Å². The number of ether oxygens (including phenoxy) is 1. The number of hydrogen-bond donors (Lipinski definition) is 2. The van der Waals surface area contributed by atoms with Gasteiger partial charge in [-0.2, -0.15) is 0 Å². The van der Waals surface area contributed by atoms with Crippen molar-refractivity contribution in [2.24, 2.45) is 0 Å². The standard InChI is InChI=1S/C18H21N3O2/c1-13-11-19-10-9-16(13)21-18(22)20-12-14-5-2-3-8-17(14)23-15-6-4-7-15/h2-3,5,8-11,15H,4,6-7,12H2,1H3,(H2,19,20,21,22). The summed E-state index contributed by atoms with van der Waals surface area (Å²) in [6.45, 7) is 2.34. The van der Waals surface area contributed by atoms with E-state index in [1.54, 1.807) is 18.5 Å². The molecule has 1 aromatic heterocycles. The molecule has 2 aromatic rings. The lowest BCUT2D eigenvalue weighted by Gasteiger charge is -2.27. The van der Waals surface area contributed by atoms with Crippen molar-refractivity contribution in [1.29, 1.82) is 0 Å². The van der Waals surface area contributed by atoms with Crippen LogP contribution < -0.4 is 15.4 Å². The lowest BCUT2D eigenvalue weighted by atomic mass is 9.96. The maximum Gasteiger partial charge on any atom is 0.319 e. The summed E-state index contributed by atoms with van der Waals surface area (Å²) in [7, 11) is 0. The van der Waals surface area contributed by atoms with Crippen molar-refractivity contribution in [3.63, 3.8) is 0 Å². The Bertz CT molecular complexity index is 683. The minimum atomic E-state index is -0.238. The van der Waals surface area contributed by atoms with Crippen LogP contribution in [-0.2, 0) is 6.54 Å². The number of rotatable bonds is 5. The number of nitrogens with zero attached hydrogens (tertiary/aromatic N) is 1. The average molecular weight is 311 g/mol. The molecule has 3 rings (SSSR count). The molecular formula is C18H21N3O2. The highest BCUT2D eigenvalue weighted by molar-refractivity contribution is 5.89. The minimum Gasteiger partial charge on any atom is -0.490 e. The fourth-order valence-electron chi connectivity index (χ4n) is 2.39. The molecule has 0 atom stereocenters. The quantitative estimate of drug-likeness (QED) is 0.886. The zero-order valence-electron chi connectivity index (χ0n) is 13.2. The van der Waals surface area contributed by atoms with Gasteiger partial charge in [-0.3, -0.25) is 4.98 Å². The van der Waals surface area contributed by atoms with Crippen LogP contribution in [0.4, 0.5) is 10.5 Å². The molecule has 0 aliphatic heterocycles. The van der Waals surface area contributed by atoms with E-state index in [0.29, 0.717) is 12.6 Å². The van der Waals surface area contributed by atoms with E-state index < -0.39 is 0 Å². The Kier molecular flexibility index (Phi) is 4.76. The van der Waals surface area contributed by atoms with Gasteiger partial charge in [0.2, 0.25) is 0 Å². The number of carbonyl (C=O) groups excluding carboxylic acids is 1. The molecule has 120 valence electrons. The van der Waals surface area contributed by atoms with Gasteiger partial charge in [0.1, 0.15) is 5.75 Å². The molecule has 5 heteroatoms. The van der Waals surface area contributed by atoms with Crippen LogP contribution in [0.3, 0.4) is 0 Å². The first-order chi connectivity index (χ1) is 11.2. The third kappa shape index (κ3) is 4.00. The molecule has 0 spiro atoms. The maximum atomic E-state index is 12.1. The number of amides is 2. The summed E-state index contributed by atoms with van der Waals surface area (Å²) in [5.41, 5.74) is 2.67. The summed E-state index contributed by atoms with van der Waals surface area (Å²) in [5.74, 6) is 0.859. The summed E-state index contributed by atoms with van der Waals surface area (Å²) in [6.07, 6.45) is 7.16. The molecule has 2 amide bonds. The van der Waals surface area contributed by atoms with Gasteiger partial charge in [-0.25, -0.2) is 4.79 Å². The van der Waals surface area contributed by atoms with Crippen LogP contribution in [0.5, 0.6) is 5.75 Å². The average Bonchev–Trinajstić information content (AvgIpc) is 2.52. The van der Waals surface area contributed by atoms with E-state index in [4.69, 9.17) is 4.74 Å². The maximum absolute atomic E-state index is 12.1. The number of para-hydroxylation sites is 1. The molecule has 5 nitrogen and oxygen atoms in total. The van der Waals surface area contributed by atoms with Crippen LogP contribution in [0.1, 0.15) is 30.4 Å². The Morgan fingerprint density at radius 3 is 2.87 bits per heavy atom. The highest BCUT2D eigenvalue weighted by Crippen LogP contribution is 2.27. The highest BCUT2D eigenvalue weighted by Gasteiger charge is 2.20. The first kappa shape index (κ1) is 15.3. The Hall–Kier alpha value is -2.56. The van der Waals surface area contributed by atoms with Crippen molar-refractivity contribution in [2.45, 2.75) is 38.8 Å². The summed E-state index contributed by atoms with van der Waals surface area (Å²) in [5, 5.41) is 5.71. The zero-order valence-corrected chi connectivity index (χ0v) is 13.2. The van der Waals surface area contributed by atoms with Gasteiger partial charge in [0.15, 0.2) is 0 Å². The molecule has 1 aliphatic rings. The predicted octanol–water partition coefficient (Wildman–Crippen LogP) is 3.64. The van der Waals surface area contributed by atoms with Crippen molar-refractivity contribution in [2.75, 3.05) is 5.32 Å². The lowest BCUT2D eigenvalue weighted by molar-refractivity contribution is 0.119. The predicted molar refractivity (Wildman–Crippen MR) is 89.5 cm³/mol. The third-order valence-electron chi connectivity index (χ3n) is 4.03. The fraction of sp³-hybridized carbons (Fsp3) is 0.333. The molecular weight excluding hydrogens is 290 g/mol. The number of urea groups is 1. The second-order valence-electron chi connectivity index (χ2n) is 5.78. The molecule has 0 radical (unpaired) electrons. The molecule has 0 bridgehead atoms. The smallest absolute Gasteiger partial charge is 0.319 e. The Morgan fingerprint density at radius 1 is 1.30 bits per heavy atom. The second-order valence-corrected chi connectivity index (χ2v) is 5.78. The topological polar surface area (TPSA) is 63.2 Å². The van der Waals surface area contributed by atoms with Crippen LogP contribution in [0.2, 0.25) is 0 Å². The van der Waals surface area contributed by atoms with Crippen LogP contribution in [0.25, 0.3) is 0 Å². The Balaban J connectivity index is 1.57. The number of carbonyl (C=O) groups is 1. The van der Waals surface area contributed by atoms with Gasteiger partial charge in [0.05, 0.1) is 6.10 Å². The van der Waals surface area contributed by atoms with E-state index in [1.165, 1.54) is 6.42 Å². The van der Waals surface area contributed by atoms with Crippen molar-refractivity contribution >= 4 is 11.7 Å². The summed E-state index contributed by atoms with van der Waals surface area (Å²) in [6, 6.07) is 9.39. The van der Waals surface area contributed by atoms with Gasteiger partial charge < -0.3 is 15.4 Å². The van der Waals surface area contributed by atoms with Gasteiger partial charge in [-0.15, -0.1) is 0 Å². The van der Waals surface area contributed by atoms with E-state index in [-0.39, 0.29) is 6.03 Å². The Labute approximate surface area is 136 Å². The summed E-state index contributed by atoms with van der Waals surface area (Å²) in [4.78, 5) is 16.1. The molecule has 0 unspecified atom stereocenters. The van der Waals surface area contributed by atoms with Crippen molar-refractivity contribution in [3.05, 3.63) is 53.9 Å². The zero-order chi connectivity index (χ0) is 16.1. The van der Waals surface area contributed by atoms with Crippen LogP contribution >= 0.6 is 0 Å². The highest BCUT2D eigenvalue weighted by atomic mass is 16.5. The third-order valence-corrected chi connectivity index (χ3v) is 4.03. The van der Waals surface area contributed by atoms with Gasteiger partial charge in [0.25, 0.3) is 0 Å². The molecule has 1 fully saturated rings. The number of anilines is 1. The summed E-state index contributed by atoms with van der Waals surface area (Å²) < 4.78 is 5.97. The molecule has 1 aromatic carbocycles. The first-order valence-corrected chi connectivity index (χ1v) is 7.92. The molecule has 1 heterocycles. The van der Waals surface area contributed by atoms with Gasteiger partial charge >= 0.3 is 6.03 Å². The fourth-order valence-corrected chi connectivity index (χ4v) is 2.39. The molecule has 23 heavy (non-hydrogen) atoms. The van der Waals surface area contributed by atoms with E-state index >= 15 is 0 Å². The number of aryl methyl sites for hydroxylation is 1. The largest absolute Gasteiger partial charge is 0.490 e. The van der Waals surface area contributed by atoms with E-state index in [9.17, 15) is 4.79 Å². The second kappa shape index (κ2) is 7.13. The number of pyridine rings is 1. The van der Waals surface area contributed by atoms with E-state index in [1.807, 2.05) is 31.2 Å². The SMILES string of the molecule is Cc1cnccc1NC(=O)NCc1ccccc1OC1CCC1. The normalized spacial score (nSPS) is 14.0. The first-order valence-electron chi connectivity index (χ1n) is 7.92. The van der Waals surface area contributed by atoms with Crippen molar-refractivity contribution in [3.8, 4) is 5.75 Å².